The van der Waals surface area contributed by atoms with Crippen LogP contribution < -0.4 is 4.74 Å². The van der Waals surface area contributed by atoms with Crippen molar-refractivity contribution in [2.24, 2.45) is 0 Å². The SMILES string of the molecule is O=S([O-])Cc1ccccc1OC1CCCC1. The van der Waals surface area contributed by atoms with Crippen LogP contribution in [0.5, 0.6) is 5.75 Å². The Labute approximate surface area is 98.1 Å². The van der Waals surface area contributed by atoms with Gasteiger partial charge in [-0.3, -0.25) is 4.21 Å². The molecule has 0 heterocycles. The number of benzene rings is 1. The van der Waals surface area contributed by atoms with Crippen molar-refractivity contribution in [2.75, 3.05) is 0 Å². The van der Waals surface area contributed by atoms with E-state index in [4.69, 9.17) is 4.74 Å². The minimum absolute atomic E-state index is 0.0306. The molecule has 1 fully saturated rings. The second kappa shape index (κ2) is 5.46. The fourth-order valence-corrected chi connectivity index (χ4v) is 2.54. The Morgan fingerprint density at radius 2 is 2.00 bits per heavy atom. The van der Waals surface area contributed by atoms with E-state index in [0.29, 0.717) is 0 Å². The highest BCUT2D eigenvalue weighted by Gasteiger charge is 2.17. The zero-order valence-electron chi connectivity index (χ0n) is 9.06. The molecular formula is C12H15O3S-. The van der Waals surface area contributed by atoms with Crippen LogP contribution in [0, 0.1) is 0 Å². The largest absolute Gasteiger partial charge is 0.772 e. The van der Waals surface area contributed by atoms with Gasteiger partial charge in [0.1, 0.15) is 5.75 Å². The van der Waals surface area contributed by atoms with Crippen LogP contribution >= 0.6 is 0 Å². The van der Waals surface area contributed by atoms with Crippen LogP contribution in [-0.2, 0) is 16.8 Å². The van der Waals surface area contributed by atoms with Crippen molar-refractivity contribution in [2.45, 2.75) is 37.5 Å². The molecule has 1 atom stereocenters. The number of rotatable bonds is 4. The zero-order valence-corrected chi connectivity index (χ0v) is 9.87. The number of ether oxygens (including phenoxy) is 1. The topological polar surface area (TPSA) is 49.4 Å². The van der Waals surface area contributed by atoms with E-state index < -0.39 is 11.1 Å². The lowest BCUT2D eigenvalue weighted by atomic mass is 10.2. The smallest absolute Gasteiger partial charge is 0.123 e. The summed E-state index contributed by atoms with van der Waals surface area (Å²) in [4.78, 5) is 0. The molecule has 0 saturated heterocycles. The van der Waals surface area contributed by atoms with Gasteiger partial charge in [0, 0.05) is 11.3 Å². The summed E-state index contributed by atoms with van der Waals surface area (Å²) < 4.78 is 27.2. The molecule has 1 aromatic rings. The lowest BCUT2D eigenvalue weighted by molar-refractivity contribution is 0.208. The molecule has 0 bridgehead atoms. The number of hydrogen-bond donors (Lipinski definition) is 0. The van der Waals surface area contributed by atoms with Gasteiger partial charge >= 0.3 is 0 Å². The summed E-state index contributed by atoms with van der Waals surface area (Å²) in [6, 6.07) is 7.37. The predicted molar refractivity (Wildman–Crippen MR) is 61.9 cm³/mol. The minimum atomic E-state index is -2.06. The van der Waals surface area contributed by atoms with Crippen LogP contribution in [0.1, 0.15) is 31.2 Å². The van der Waals surface area contributed by atoms with Gasteiger partial charge in [-0.1, -0.05) is 29.3 Å². The van der Waals surface area contributed by atoms with Gasteiger partial charge in [-0.2, -0.15) is 0 Å². The molecule has 0 N–H and O–H groups in total. The Bertz CT molecular complexity index is 372. The third kappa shape index (κ3) is 3.06. The first kappa shape index (κ1) is 11.6. The van der Waals surface area contributed by atoms with Gasteiger partial charge in [0.05, 0.1) is 6.10 Å². The lowest BCUT2D eigenvalue weighted by Gasteiger charge is -2.17. The molecule has 1 aliphatic carbocycles. The highest BCUT2D eigenvalue weighted by Crippen LogP contribution is 2.27. The molecule has 0 amide bonds. The van der Waals surface area contributed by atoms with Gasteiger partial charge < -0.3 is 9.29 Å². The molecule has 0 radical (unpaired) electrons. The van der Waals surface area contributed by atoms with Crippen LogP contribution in [0.3, 0.4) is 0 Å². The van der Waals surface area contributed by atoms with Gasteiger partial charge in [-0.15, -0.1) is 0 Å². The number of hydrogen-bond acceptors (Lipinski definition) is 3. The standard InChI is InChI=1S/C12H16O3S/c13-16(14)9-10-5-1-4-8-12(10)15-11-6-2-3-7-11/h1,4-5,8,11H,2-3,6-7,9H2,(H,13,14)/p-1. The maximum Gasteiger partial charge on any atom is 0.123 e. The average Bonchev–Trinajstić information content (AvgIpc) is 2.73. The highest BCUT2D eigenvalue weighted by atomic mass is 32.2. The third-order valence-electron chi connectivity index (χ3n) is 2.84. The molecule has 0 spiro atoms. The molecule has 4 heteroatoms. The first-order chi connectivity index (χ1) is 7.75. The van der Waals surface area contributed by atoms with Crippen molar-refractivity contribution in [3.63, 3.8) is 0 Å². The lowest BCUT2D eigenvalue weighted by Crippen LogP contribution is -2.12. The summed E-state index contributed by atoms with van der Waals surface area (Å²) in [6.45, 7) is 0. The molecule has 2 rings (SSSR count). The minimum Gasteiger partial charge on any atom is -0.772 e. The third-order valence-corrected chi connectivity index (χ3v) is 3.39. The predicted octanol–water partition coefficient (Wildman–Crippen LogP) is 2.39. The Balaban J connectivity index is 2.09. The first-order valence-corrected chi connectivity index (χ1v) is 6.80. The van der Waals surface area contributed by atoms with Gasteiger partial charge in [-0.05, 0) is 31.7 Å². The van der Waals surface area contributed by atoms with Crippen LogP contribution in [0.4, 0.5) is 0 Å². The van der Waals surface area contributed by atoms with Crippen molar-refractivity contribution in [1.82, 2.24) is 0 Å². The van der Waals surface area contributed by atoms with Crippen LogP contribution in [0.2, 0.25) is 0 Å². The molecule has 16 heavy (non-hydrogen) atoms. The summed E-state index contributed by atoms with van der Waals surface area (Å²) in [6.07, 6.45) is 4.84. The summed E-state index contributed by atoms with van der Waals surface area (Å²) in [5, 5.41) is 0. The first-order valence-electron chi connectivity index (χ1n) is 5.56. The highest BCUT2D eigenvalue weighted by molar-refractivity contribution is 7.78. The normalized spacial score (nSPS) is 18.6. The van der Waals surface area contributed by atoms with Crippen molar-refractivity contribution in [3.8, 4) is 5.75 Å². The molecule has 0 aliphatic heterocycles. The molecule has 1 aromatic carbocycles. The molecule has 1 unspecified atom stereocenters. The van der Waals surface area contributed by atoms with E-state index in [2.05, 4.69) is 0 Å². The van der Waals surface area contributed by atoms with E-state index in [1.165, 1.54) is 12.8 Å². The van der Waals surface area contributed by atoms with Gasteiger partial charge in [0.2, 0.25) is 0 Å². The quantitative estimate of drug-likeness (QED) is 0.758. The average molecular weight is 239 g/mol. The Morgan fingerprint density at radius 3 is 2.69 bits per heavy atom. The monoisotopic (exact) mass is 239 g/mol. The van der Waals surface area contributed by atoms with Crippen LogP contribution in [0.15, 0.2) is 24.3 Å². The van der Waals surface area contributed by atoms with E-state index in [0.717, 1.165) is 24.2 Å². The van der Waals surface area contributed by atoms with E-state index in [1.54, 1.807) is 6.07 Å². The Morgan fingerprint density at radius 1 is 1.31 bits per heavy atom. The van der Waals surface area contributed by atoms with E-state index in [-0.39, 0.29) is 11.9 Å². The van der Waals surface area contributed by atoms with Crippen molar-refractivity contribution in [3.05, 3.63) is 29.8 Å². The molecular weight excluding hydrogens is 224 g/mol. The van der Waals surface area contributed by atoms with Gasteiger partial charge in [0.25, 0.3) is 0 Å². The Kier molecular flexibility index (Phi) is 3.96. The maximum absolute atomic E-state index is 10.7. The molecule has 1 aliphatic rings. The summed E-state index contributed by atoms with van der Waals surface area (Å²) >= 11 is -2.06. The van der Waals surface area contributed by atoms with Crippen LogP contribution in [-0.4, -0.2) is 14.9 Å². The van der Waals surface area contributed by atoms with E-state index >= 15 is 0 Å². The number of para-hydroxylation sites is 1. The molecule has 0 aromatic heterocycles. The fourth-order valence-electron chi connectivity index (χ4n) is 2.05. The van der Waals surface area contributed by atoms with E-state index in [1.807, 2.05) is 18.2 Å². The summed E-state index contributed by atoms with van der Waals surface area (Å²) in [5.74, 6) is 0.752. The van der Waals surface area contributed by atoms with Crippen molar-refractivity contribution in [1.29, 1.82) is 0 Å². The Hall–Kier alpha value is -0.870. The molecule has 1 saturated carbocycles. The summed E-state index contributed by atoms with van der Waals surface area (Å²) in [7, 11) is 0. The van der Waals surface area contributed by atoms with Crippen molar-refractivity contribution >= 4 is 11.1 Å². The van der Waals surface area contributed by atoms with Crippen molar-refractivity contribution < 1.29 is 13.5 Å². The van der Waals surface area contributed by atoms with E-state index in [9.17, 15) is 8.76 Å². The van der Waals surface area contributed by atoms with Crippen LogP contribution in [0.25, 0.3) is 0 Å². The zero-order chi connectivity index (χ0) is 11.4. The second-order valence-electron chi connectivity index (χ2n) is 4.08. The maximum atomic E-state index is 10.7. The van der Waals surface area contributed by atoms with Gasteiger partial charge in [0.15, 0.2) is 0 Å². The second-order valence-corrected chi connectivity index (χ2v) is 4.98. The fraction of sp³-hybridized carbons (Fsp3) is 0.500. The molecule has 3 nitrogen and oxygen atoms in total. The summed E-state index contributed by atoms with van der Waals surface area (Å²) in [5.41, 5.74) is 0.753. The molecule has 88 valence electrons. The van der Waals surface area contributed by atoms with Gasteiger partial charge in [-0.25, -0.2) is 0 Å².